The molecular weight excluding hydrogens is 220 g/mol. The molecule has 1 aromatic carbocycles. The molecule has 0 heterocycles. The first-order chi connectivity index (χ1) is 8.19. The molecule has 2 rings (SSSR count). The molecule has 4 heteroatoms. The van der Waals surface area contributed by atoms with Crippen molar-refractivity contribution in [3.63, 3.8) is 0 Å². The molecule has 0 aromatic heterocycles. The summed E-state index contributed by atoms with van der Waals surface area (Å²) in [6.45, 7) is 0. The first kappa shape index (κ1) is 11.8. The maximum atomic E-state index is 11.2. The quantitative estimate of drug-likeness (QED) is 0.874. The zero-order valence-electron chi connectivity index (χ0n) is 10.1. The van der Waals surface area contributed by atoms with Gasteiger partial charge in [0.15, 0.2) is 0 Å². The summed E-state index contributed by atoms with van der Waals surface area (Å²) in [5, 5.41) is 9.18. The second-order valence-electron chi connectivity index (χ2n) is 4.13. The fraction of sp³-hybridized carbons (Fsp3) is 0.462. The number of ether oxygens (including phenoxy) is 2. The maximum absolute atomic E-state index is 11.2. The van der Waals surface area contributed by atoms with Gasteiger partial charge in [0.2, 0.25) is 0 Å². The second-order valence-corrected chi connectivity index (χ2v) is 4.13. The third kappa shape index (κ3) is 1.95. The molecule has 4 nitrogen and oxygen atoms in total. The lowest BCUT2D eigenvalue weighted by molar-refractivity contribution is 0.0692. The van der Waals surface area contributed by atoms with Crippen LogP contribution in [0.4, 0.5) is 0 Å². The lowest BCUT2D eigenvalue weighted by Gasteiger charge is -2.22. The van der Waals surface area contributed by atoms with E-state index in [-0.39, 0.29) is 5.56 Å². The highest BCUT2D eigenvalue weighted by Gasteiger charge is 2.24. The van der Waals surface area contributed by atoms with E-state index in [9.17, 15) is 9.90 Å². The van der Waals surface area contributed by atoms with Crippen molar-refractivity contribution in [2.24, 2.45) is 0 Å². The van der Waals surface area contributed by atoms with Crippen LogP contribution in [0, 0.1) is 0 Å². The summed E-state index contributed by atoms with van der Waals surface area (Å²) < 4.78 is 10.6. The van der Waals surface area contributed by atoms with Crippen molar-refractivity contribution in [1.82, 2.24) is 0 Å². The van der Waals surface area contributed by atoms with Gasteiger partial charge >= 0.3 is 5.97 Å². The van der Waals surface area contributed by atoms with E-state index in [0.717, 1.165) is 36.8 Å². The van der Waals surface area contributed by atoms with Crippen molar-refractivity contribution in [3.8, 4) is 11.5 Å². The number of methoxy groups -OCH3 is 2. The zero-order valence-corrected chi connectivity index (χ0v) is 10.1. The smallest absolute Gasteiger partial charge is 0.339 e. The molecular formula is C13H16O4. The highest BCUT2D eigenvalue weighted by atomic mass is 16.5. The van der Waals surface area contributed by atoms with E-state index in [4.69, 9.17) is 9.47 Å². The van der Waals surface area contributed by atoms with Gasteiger partial charge in [0.1, 0.15) is 17.1 Å². The van der Waals surface area contributed by atoms with E-state index >= 15 is 0 Å². The predicted octanol–water partition coefficient (Wildman–Crippen LogP) is 2.28. The molecule has 17 heavy (non-hydrogen) atoms. The van der Waals surface area contributed by atoms with Gasteiger partial charge in [0, 0.05) is 11.1 Å². The predicted molar refractivity (Wildman–Crippen MR) is 63.1 cm³/mol. The number of fused-ring (bicyclic) bond motifs is 1. The monoisotopic (exact) mass is 236 g/mol. The van der Waals surface area contributed by atoms with Crippen molar-refractivity contribution >= 4 is 5.97 Å². The van der Waals surface area contributed by atoms with Crippen LogP contribution in [0.15, 0.2) is 6.07 Å². The number of rotatable bonds is 3. The van der Waals surface area contributed by atoms with Gasteiger partial charge in [-0.2, -0.15) is 0 Å². The number of hydrogen-bond acceptors (Lipinski definition) is 3. The number of carbonyl (C=O) groups is 1. The third-order valence-corrected chi connectivity index (χ3v) is 3.21. The molecule has 0 fully saturated rings. The summed E-state index contributed by atoms with van der Waals surface area (Å²) in [5.74, 6) is 0.180. The van der Waals surface area contributed by atoms with Crippen LogP contribution in [0.2, 0.25) is 0 Å². The molecule has 1 aromatic rings. The maximum Gasteiger partial charge on any atom is 0.339 e. The Labute approximate surface area is 100 Å². The average Bonchev–Trinajstić information content (AvgIpc) is 2.36. The molecule has 0 atom stereocenters. The summed E-state index contributed by atoms with van der Waals surface area (Å²) in [7, 11) is 3.09. The third-order valence-electron chi connectivity index (χ3n) is 3.21. The SMILES string of the molecule is COc1cc(C(=O)O)c(OC)c2c1CCCC2. The Hall–Kier alpha value is -1.71. The van der Waals surface area contributed by atoms with Crippen LogP contribution in [-0.2, 0) is 12.8 Å². The Kier molecular flexibility index (Phi) is 3.22. The zero-order chi connectivity index (χ0) is 12.4. The van der Waals surface area contributed by atoms with E-state index in [2.05, 4.69) is 0 Å². The van der Waals surface area contributed by atoms with Crippen LogP contribution in [0.1, 0.15) is 34.3 Å². The number of hydrogen-bond donors (Lipinski definition) is 1. The van der Waals surface area contributed by atoms with Crippen LogP contribution in [0.25, 0.3) is 0 Å². The Morgan fingerprint density at radius 2 is 1.82 bits per heavy atom. The molecule has 0 unspecified atom stereocenters. The summed E-state index contributed by atoms with van der Waals surface area (Å²) in [4.78, 5) is 11.2. The molecule has 0 radical (unpaired) electrons. The van der Waals surface area contributed by atoms with Crippen molar-refractivity contribution in [3.05, 3.63) is 22.8 Å². The van der Waals surface area contributed by atoms with Crippen LogP contribution in [-0.4, -0.2) is 25.3 Å². The van der Waals surface area contributed by atoms with Crippen LogP contribution < -0.4 is 9.47 Å². The molecule has 0 spiro atoms. The fourth-order valence-electron chi connectivity index (χ4n) is 2.45. The Bertz CT molecular complexity index is 451. The lowest BCUT2D eigenvalue weighted by Crippen LogP contribution is -2.11. The minimum Gasteiger partial charge on any atom is -0.496 e. The van der Waals surface area contributed by atoms with E-state index in [1.807, 2.05) is 0 Å². The number of aromatic carboxylic acids is 1. The fourth-order valence-corrected chi connectivity index (χ4v) is 2.45. The number of carboxylic acid groups (broad SMARTS) is 1. The van der Waals surface area contributed by atoms with Crippen LogP contribution in [0.5, 0.6) is 11.5 Å². The Morgan fingerprint density at radius 1 is 1.18 bits per heavy atom. The lowest BCUT2D eigenvalue weighted by atomic mass is 9.88. The summed E-state index contributed by atoms with van der Waals surface area (Å²) in [5.41, 5.74) is 2.28. The van der Waals surface area contributed by atoms with Crippen molar-refractivity contribution in [1.29, 1.82) is 0 Å². The summed E-state index contributed by atoms with van der Waals surface area (Å²) in [6.07, 6.45) is 3.96. The van der Waals surface area contributed by atoms with Gasteiger partial charge in [0.25, 0.3) is 0 Å². The molecule has 0 saturated heterocycles. The van der Waals surface area contributed by atoms with Crippen molar-refractivity contribution in [2.75, 3.05) is 14.2 Å². The first-order valence-electron chi connectivity index (χ1n) is 5.69. The molecule has 1 aliphatic rings. The normalized spacial score (nSPS) is 14.0. The summed E-state index contributed by atoms with van der Waals surface area (Å²) in [6, 6.07) is 1.56. The average molecular weight is 236 g/mol. The molecule has 1 aliphatic carbocycles. The molecule has 0 bridgehead atoms. The molecule has 92 valence electrons. The van der Waals surface area contributed by atoms with Crippen LogP contribution in [0.3, 0.4) is 0 Å². The van der Waals surface area contributed by atoms with Gasteiger partial charge in [-0.1, -0.05) is 0 Å². The van der Waals surface area contributed by atoms with Gasteiger partial charge in [-0.25, -0.2) is 4.79 Å². The van der Waals surface area contributed by atoms with E-state index in [1.165, 1.54) is 7.11 Å². The first-order valence-corrected chi connectivity index (χ1v) is 5.69. The van der Waals surface area contributed by atoms with Gasteiger partial charge in [0.05, 0.1) is 14.2 Å². The second kappa shape index (κ2) is 4.65. The van der Waals surface area contributed by atoms with Crippen molar-refractivity contribution in [2.45, 2.75) is 25.7 Å². The molecule has 0 saturated carbocycles. The number of carboxylic acids is 1. The largest absolute Gasteiger partial charge is 0.496 e. The number of benzene rings is 1. The van der Waals surface area contributed by atoms with E-state index in [1.54, 1.807) is 13.2 Å². The Balaban J connectivity index is 2.67. The van der Waals surface area contributed by atoms with Gasteiger partial charge < -0.3 is 14.6 Å². The van der Waals surface area contributed by atoms with E-state index in [0.29, 0.717) is 11.5 Å². The van der Waals surface area contributed by atoms with Gasteiger partial charge in [-0.3, -0.25) is 0 Å². The Morgan fingerprint density at radius 3 is 2.35 bits per heavy atom. The van der Waals surface area contributed by atoms with Crippen LogP contribution >= 0.6 is 0 Å². The topological polar surface area (TPSA) is 55.8 Å². The highest BCUT2D eigenvalue weighted by Crippen LogP contribution is 2.38. The van der Waals surface area contributed by atoms with Crippen molar-refractivity contribution < 1.29 is 19.4 Å². The summed E-state index contributed by atoms with van der Waals surface area (Å²) >= 11 is 0. The molecule has 1 N–H and O–H groups in total. The molecule has 0 amide bonds. The minimum absolute atomic E-state index is 0.185. The highest BCUT2D eigenvalue weighted by molar-refractivity contribution is 5.92. The van der Waals surface area contributed by atoms with E-state index < -0.39 is 5.97 Å². The standard InChI is InChI=1S/C13H16O4/c1-16-11-7-10(13(14)15)12(17-2)9-6-4-3-5-8(9)11/h7H,3-6H2,1-2H3,(H,14,15). The molecule has 0 aliphatic heterocycles. The van der Waals surface area contributed by atoms with Gasteiger partial charge in [-0.05, 0) is 31.7 Å². The minimum atomic E-state index is -0.978. The van der Waals surface area contributed by atoms with Gasteiger partial charge in [-0.15, -0.1) is 0 Å².